The molecule has 0 saturated carbocycles. The fourth-order valence-corrected chi connectivity index (χ4v) is 2.88. The van der Waals surface area contributed by atoms with Gasteiger partial charge in [-0.15, -0.1) is 0 Å². The van der Waals surface area contributed by atoms with Crippen molar-refractivity contribution in [3.05, 3.63) is 33.8 Å². The van der Waals surface area contributed by atoms with E-state index in [1.54, 1.807) is 0 Å². The van der Waals surface area contributed by atoms with E-state index in [1.807, 2.05) is 18.2 Å². The lowest BCUT2D eigenvalue weighted by atomic mass is 10.1. The molecule has 1 fully saturated rings. The average molecular weight is 287 g/mol. The minimum absolute atomic E-state index is 0.610. The summed E-state index contributed by atoms with van der Waals surface area (Å²) in [5.41, 5.74) is 1.13. The highest BCUT2D eigenvalue weighted by Crippen LogP contribution is 2.23. The summed E-state index contributed by atoms with van der Waals surface area (Å²) in [6.45, 7) is 6.34. The molecule has 2 nitrogen and oxygen atoms in total. The predicted octanol–water partition coefficient (Wildman–Crippen LogP) is 3.57. The van der Waals surface area contributed by atoms with E-state index >= 15 is 0 Å². The summed E-state index contributed by atoms with van der Waals surface area (Å²) in [6, 6.07) is 6.32. The van der Waals surface area contributed by atoms with Crippen molar-refractivity contribution in [1.29, 1.82) is 0 Å². The van der Waals surface area contributed by atoms with Gasteiger partial charge in [-0.2, -0.15) is 0 Å². The Balaban J connectivity index is 2.08. The maximum atomic E-state index is 6.24. The third kappa shape index (κ3) is 3.61. The fraction of sp³-hybridized carbons (Fsp3) is 0.571. The van der Waals surface area contributed by atoms with Crippen molar-refractivity contribution in [2.75, 3.05) is 19.6 Å². The van der Waals surface area contributed by atoms with Crippen LogP contribution in [0.5, 0.6) is 0 Å². The van der Waals surface area contributed by atoms with E-state index in [0.717, 1.165) is 41.8 Å². The normalized spacial score (nSPS) is 21.2. The molecule has 1 heterocycles. The molecular weight excluding hydrogens is 267 g/mol. The molecule has 1 unspecified atom stereocenters. The number of benzene rings is 1. The first-order valence-corrected chi connectivity index (χ1v) is 7.35. The van der Waals surface area contributed by atoms with Crippen LogP contribution in [0.1, 0.15) is 25.3 Å². The maximum absolute atomic E-state index is 6.24. The van der Waals surface area contributed by atoms with Gasteiger partial charge in [0.25, 0.3) is 0 Å². The Morgan fingerprint density at radius 3 is 3.00 bits per heavy atom. The molecule has 1 aromatic rings. The van der Waals surface area contributed by atoms with Gasteiger partial charge in [-0.3, -0.25) is 4.90 Å². The first-order chi connectivity index (χ1) is 8.70. The van der Waals surface area contributed by atoms with Crippen LogP contribution in [0.15, 0.2) is 18.2 Å². The largest absolute Gasteiger partial charge is 0.314 e. The second-order valence-corrected chi connectivity index (χ2v) is 5.70. The lowest BCUT2D eigenvalue weighted by molar-refractivity contribution is 0.144. The summed E-state index contributed by atoms with van der Waals surface area (Å²) < 4.78 is 0. The number of piperazine rings is 1. The molecular formula is C14H20Cl2N2. The van der Waals surface area contributed by atoms with Gasteiger partial charge in [-0.1, -0.05) is 36.5 Å². The highest BCUT2D eigenvalue weighted by Gasteiger charge is 2.21. The second kappa shape index (κ2) is 6.76. The van der Waals surface area contributed by atoms with E-state index in [0.29, 0.717) is 6.04 Å². The van der Waals surface area contributed by atoms with Crippen molar-refractivity contribution in [1.82, 2.24) is 10.2 Å². The van der Waals surface area contributed by atoms with Gasteiger partial charge in [0.2, 0.25) is 0 Å². The highest BCUT2D eigenvalue weighted by atomic mass is 35.5. The van der Waals surface area contributed by atoms with E-state index in [1.165, 1.54) is 12.8 Å². The fourth-order valence-electron chi connectivity index (χ4n) is 2.51. The van der Waals surface area contributed by atoms with Crippen LogP contribution in [0.2, 0.25) is 10.0 Å². The molecule has 1 aliphatic rings. The molecule has 1 N–H and O–H groups in total. The zero-order valence-electron chi connectivity index (χ0n) is 10.8. The van der Waals surface area contributed by atoms with Crippen molar-refractivity contribution < 1.29 is 0 Å². The van der Waals surface area contributed by atoms with Crippen LogP contribution in [0, 0.1) is 0 Å². The van der Waals surface area contributed by atoms with Crippen LogP contribution in [-0.2, 0) is 6.54 Å². The third-order valence-electron chi connectivity index (χ3n) is 3.48. The van der Waals surface area contributed by atoms with Crippen LogP contribution in [0.3, 0.4) is 0 Å². The topological polar surface area (TPSA) is 15.3 Å². The van der Waals surface area contributed by atoms with Crippen LogP contribution in [0.4, 0.5) is 0 Å². The van der Waals surface area contributed by atoms with Crippen LogP contribution >= 0.6 is 23.2 Å². The number of hydrogen-bond donors (Lipinski definition) is 1. The van der Waals surface area contributed by atoms with E-state index < -0.39 is 0 Å². The summed E-state index contributed by atoms with van der Waals surface area (Å²) in [7, 11) is 0. The van der Waals surface area contributed by atoms with Crippen LogP contribution in [0.25, 0.3) is 0 Å². The van der Waals surface area contributed by atoms with Crippen molar-refractivity contribution in [2.24, 2.45) is 0 Å². The van der Waals surface area contributed by atoms with E-state index in [9.17, 15) is 0 Å². The van der Waals surface area contributed by atoms with Gasteiger partial charge in [0.1, 0.15) is 0 Å². The Bertz CT molecular complexity index is 393. The molecule has 2 rings (SSSR count). The lowest BCUT2D eigenvalue weighted by Crippen LogP contribution is -2.50. The summed E-state index contributed by atoms with van der Waals surface area (Å²) in [6.07, 6.45) is 2.44. The molecule has 1 saturated heterocycles. The Morgan fingerprint density at radius 1 is 1.39 bits per heavy atom. The van der Waals surface area contributed by atoms with Crippen molar-refractivity contribution in [3.63, 3.8) is 0 Å². The van der Waals surface area contributed by atoms with Gasteiger partial charge in [0.15, 0.2) is 0 Å². The summed E-state index contributed by atoms with van der Waals surface area (Å²) in [5, 5.41) is 5.03. The molecule has 100 valence electrons. The van der Waals surface area contributed by atoms with Crippen LogP contribution < -0.4 is 5.32 Å². The Labute approximate surface area is 119 Å². The lowest BCUT2D eigenvalue weighted by Gasteiger charge is -2.36. The Hall–Kier alpha value is -0.280. The van der Waals surface area contributed by atoms with Gasteiger partial charge in [0.05, 0.1) is 0 Å². The molecule has 1 atom stereocenters. The van der Waals surface area contributed by atoms with Gasteiger partial charge in [-0.25, -0.2) is 0 Å². The number of halogens is 2. The maximum Gasteiger partial charge on any atom is 0.0452 e. The van der Waals surface area contributed by atoms with Gasteiger partial charge in [0, 0.05) is 42.3 Å². The first-order valence-electron chi connectivity index (χ1n) is 6.59. The predicted molar refractivity (Wildman–Crippen MR) is 78.4 cm³/mol. The quantitative estimate of drug-likeness (QED) is 0.910. The van der Waals surface area contributed by atoms with Crippen molar-refractivity contribution >= 4 is 23.2 Å². The minimum atomic E-state index is 0.610. The molecule has 0 amide bonds. The molecule has 0 spiro atoms. The van der Waals surface area contributed by atoms with Gasteiger partial charge in [-0.05, 0) is 30.2 Å². The molecule has 4 heteroatoms. The molecule has 0 aliphatic carbocycles. The number of nitrogens with one attached hydrogen (secondary N) is 1. The zero-order valence-corrected chi connectivity index (χ0v) is 12.3. The molecule has 0 bridgehead atoms. The SMILES string of the molecule is CCCC1CNCCN1Cc1cc(Cl)ccc1Cl. The van der Waals surface area contributed by atoms with E-state index in [4.69, 9.17) is 23.2 Å². The van der Waals surface area contributed by atoms with E-state index in [2.05, 4.69) is 17.1 Å². The first kappa shape index (κ1) is 14.1. The van der Waals surface area contributed by atoms with Crippen molar-refractivity contribution in [2.45, 2.75) is 32.4 Å². The minimum Gasteiger partial charge on any atom is -0.314 e. The average Bonchev–Trinajstić information content (AvgIpc) is 2.36. The second-order valence-electron chi connectivity index (χ2n) is 4.85. The molecule has 1 aliphatic heterocycles. The summed E-state index contributed by atoms with van der Waals surface area (Å²) in [4.78, 5) is 2.51. The standard InChI is InChI=1S/C14H20Cl2N2/c1-2-3-13-9-17-6-7-18(13)10-11-8-12(15)4-5-14(11)16/h4-5,8,13,17H,2-3,6-7,9-10H2,1H3. The Kier molecular flexibility index (Phi) is 5.31. The molecule has 0 aromatic heterocycles. The number of hydrogen-bond acceptors (Lipinski definition) is 2. The summed E-state index contributed by atoms with van der Waals surface area (Å²) in [5.74, 6) is 0. The van der Waals surface area contributed by atoms with Gasteiger partial charge < -0.3 is 5.32 Å². The zero-order chi connectivity index (χ0) is 13.0. The van der Waals surface area contributed by atoms with Crippen molar-refractivity contribution in [3.8, 4) is 0 Å². The molecule has 0 radical (unpaired) electrons. The highest BCUT2D eigenvalue weighted by molar-refractivity contribution is 6.33. The smallest absolute Gasteiger partial charge is 0.0452 e. The molecule has 1 aromatic carbocycles. The Morgan fingerprint density at radius 2 is 2.22 bits per heavy atom. The number of nitrogens with zero attached hydrogens (tertiary/aromatic N) is 1. The monoisotopic (exact) mass is 286 g/mol. The van der Waals surface area contributed by atoms with Crippen LogP contribution in [-0.4, -0.2) is 30.6 Å². The van der Waals surface area contributed by atoms with E-state index in [-0.39, 0.29) is 0 Å². The van der Waals surface area contributed by atoms with Gasteiger partial charge >= 0.3 is 0 Å². The number of rotatable bonds is 4. The third-order valence-corrected chi connectivity index (χ3v) is 4.08. The summed E-state index contributed by atoms with van der Waals surface area (Å²) >= 11 is 12.3. The molecule has 18 heavy (non-hydrogen) atoms.